The first-order chi connectivity index (χ1) is 25.1. The molecule has 272 valence electrons. The van der Waals surface area contributed by atoms with Crippen molar-refractivity contribution in [3.05, 3.63) is 147 Å². The Labute approximate surface area is 314 Å². The summed E-state index contributed by atoms with van der Waals surface area (Å²) < 4.78 is 2.32. The number of hydrogen-bond acceptors (Lipinski definition) is 3. The summed E-state index contributed by atoms with van der Waals surface area (Å²) in [6.07, 6.45) is 37.8. The van der Waals surface area contributed by atoms with Crippen LogP contribution < -0.4 is 21.3 Å². The quantitative estimate of drug-likeness (QED) is 0.121. The molecule has 3 heterocycles. The number of allylic oxidation sites excluding steroid dienone is 10. The van der Waals surface area contributed by atoms with Crippen LogP contribution in [0.15, 0.2) is 114 Å². The number of hydrogen-bond donors (Lipinski definition) is 0. The third kappa shape index (κ3) is 12.4. The lowest BCUT2D eigenvalue weighted by atomic mass is 10.1. The van der Waals surface area contributed by atoms with Crippen molar-refractivity contribution in [1.29, 1.82) is 0 Å². The highest BCUT2D eigenvalue weighted by Gasteiger charge is 2.13. The number of nitrogens with zero attached hydrogens (tertiary/aromatic N) is 4. The van der Waals surface area contributed by atoms with E-state index in [-0.39, 0.29) is 0 Å². The van der Waals surface area contributed by atoms with E-state index >= 15 is 0 Å². The van der Waals surface area contributed by atoms with Crippen LogP contribution in [-0.2, 0) is 6.42 Å². The smallest absolute Gasteiger partial charge is 0.0957 e. The standard InChI is InChI=1S/C23H26N2.C21H26N2.C2H6.C2H2/c1-5-11-18-16-23-20(14-8-7-12-17(3)4)24-19-13-9-10-15-22(19)25(23)21(18)6-2;1-8-15(4)14-17(6)18(7)23-20(16(5)9-2)21-19(10-3)12-11-13-22-21;2*1-2/h5-8,11-13,15-16H,2,9-10,14H2,1,3-4H3;8-14H,1,6H2,2-5,7H3;1-2H3;1-2H/b8-7-,11-5-;15-14-,16-9-,19-10-,21-20-,23-18?;;. The predicted octanol–water partition coefficient (Wildman–Crippen LogP) is 9.81. The van der Waals surface area contributed by atoms with Gasteiger partial charge in [0.1, 0.15) is 0 Å². The van der Waals surface area contributed by atoms with Crippen molar-refractivity contribution in [3.8, 4) is 12.8 Å². The van der Waals surface area contributed by atoms with Crippen LogP contribution >= 0.6 is 0 Å². The van der Waals surface area contributed by atoms with Crippen LogP contribution in [0, 0.1) is 12.8 Å². The molecule has 0 bridgehead atoms. The van der Waals surface area contributed by atoms with E-state index in [1.807, 2.05) is 97.9 Å². The molecule has 0 saturated heterocycles. The van der Waals surface area contributed by atoms with Gasteiger partial charge in [-0.25, -0.2) is 4.98 Å². The van der Waals surface area contributed by atoms with E-state index < -0.39 is 0 Å². The summed E-state index contributed by atoms with van der Waals surface area (Å²) in [5, 5.41) is 4.25. The highest BCUT2D eigenvalue weighted by Crippen LogP contribution is 2.20. The number of aliphatic imine (C=N–C) groups is 1. The van der Waals surface area contributed by atoms with Gasteiger partial charge in [-0.2, -0.15) is 0 Å². The first kappa shape index (κ1) is 44.5. The zero-order valence-electron chi connectivity index (χ0n) is 33.4. The molecule has 52 heavy (non-hydrogen) atoms. The lowest BCUT2D eigenvalue weighted by Gasteiger charge is -2.09. The topological polar surface area (TPSA) is 42.5 Å². The van der Waals surface area contributed by atoms with Crippen molar-refractivity contribution in [2.75, 3.05) is 0 Å². The average Bonchev–Trinajstić information content (AvgIpc) is 3.55. The molecule has 4 heteroatoms. The summed E-state index contributed by atoms with van der Waals surface area (Å²) in [7, 11) is 0. The predicted molar refractivity (Wildman–Crippen MR) is 234 cm³/mol. The Hall–Kier alpha value is -5.53. The van der Waals surface area contributed by atoms with Crippen molar-refractivity contribution in [2.24, 2.45) is 4.99 Å². The normalized spacial score (nSPS) is 13.6. The second-order valence-electron chi connectivity index (χ2n) is 12.0. The monoisotopic (exact) mass is 692 g/mol. The molecule has 4 nitrogen and oxygen atoms in total. The first-order valence-electron chi connectivity index (χ1n) is 18.0. The van der Waals surface area contributed by atoms with Crippen LogP contribution in [0.4, 0.5) is 0 Å². The Morgan fingerprint density at radius 2 is 1.71 bits per heavy atom. The molecule has 3 aromatic heterocycles. The summed E-state index contributed by atoms with van der Waals surface area (Å²) in [5.41, 5.74) is 10.7. The van der Waals surface area contributed by atoms with Crippen molar-refractivity contribution in [1.82, 2.24) is 14.4 Å². The fraction of sp³-hybridized carbons (Fsp3) is 0.271. The maximum atomic E-state index is 4.97. The first-order valence-corrected chi connectivity index (χ1v) is 18.0. The molecule has 0 saturated carbocycles. The Kier molecular flexibility index (Phi) is 20.4. The van der Waals surface area contributed by atoms with Crippen molar-refractivity contribution >= 4 is 47.3 Å². The Bertz CT molecular complexity index is 2160. The molecule has 0 unspecified atom stereocenters. The van der Waals surface area contributed by atoms with Gasteiger partial charge in [0.25, 0.3) is 0 Å². The van der Waals surface area contributed by atoms with Crippen molar-refractivity contribution in [2.45, 2.75) is 88.5 Å². The molecule has 1 aliphatic rings. The Morgan fingerprint density at radius 3 is 2.31 bits per heavy atom. The zero-order chi connectivity index (χ0) is 39.2. The second kappa shape index (κ2) is 23.8. The third-order valence-corrected chi connectivity index (χ3v) is 8.03. The molecular weight excluding hydrogens is 633 g/mol. The molecule has 1 aliphatic carbocycles. The van der Waals surface area contributed by atoms with Crippen LogP contribution in [0.1, 0.15) is 99.0 Å². The minimum Gasteiger partial charge on any atom is -0.306 e. The highest BCUT2D eigenvalue weighted by atomic mass is 14.9. The third-order valence-electron chi connectivity index (χ3n) is 8.03. The molecule has 0 aromatic carbocycles. The minimum atomic E-state index is 0.824. The SMILES string of the molecule is C#C.C=C/C(C)=C\C(=C)C(C)=NC(/C(C)=C\C)=c1\nccc\c1=C\C.C=Cc1c(/C=C\C)cc2c(C/C=C\C=C(C)C)nc3c(n12)=CCCC=3.CC. The lowest BCUT2D eigenvalue weighted by molar-refractivity contribution is 0.943. The fourth-order valence-electron chi connectivity index (χ4n) is 5.28. The molecular formula is C48H60N4. The Balaban J connectivity index is 0.000000477. The van der Waals surface area contributed by atoms with Gasteiger partial charge in [-0.3, -0.25) is 9.98 Å². The van der Waals surface area contributed by atoms with Crippen LogP contribution in [0.25, 0.3) is 41.6 Å². The summed E-state index contributed by atoms with van der Waals surface area (Å²) >= 11 is 0. The maximum absolute atomic E-state index is 4.97. The van der Waals surface area contributed by atoms with E-state index in [1.54, 1.807) is 6.20 Å². The van der Waals surface area contributed by atoms with Gasteiger partial charge in [0, 0.05) is 23.9 Å². The number of aromatic nitrogens is 3. The zero-order valence-corrected chi connectivity index (χ0v) is 33.4. The average molecular weight is 693 g/mol. The van der Waals surface area contributed by atoms with Crippen LogP contribution in [-0.4, -0.2) is 20.1 Å². The van der Waals surface area contributed by atoms with Gasteiger partial charge in [0.15, 0.2) is 0 Å². The van der Waals surface area contributed by atoms with Gasteiger partial charge < -0.3 is 4.40 Å². The molecule has 0 fully saturated rings. The van der Waals surface area contributed by atoms with Crippen LogP contribution in [0.3, 0.4) is 0 Å². The number of fused-ring (bicyclic) bond motifs is 3. The van der Waals surface area contributed by atoms with Crippen LogP contribution in [0.2, 0.25) is 0 Å². The van der Waals surface area contributed by atoms with E-state index in [4.69, 9.17) is 9.98 Å². The number of terminal acetylenes is 1. The molecule has 0 spiro atoms. The summed E-state index contributed by atoms with van der Waals surface area (Å²) in [6, 6.07) is 6.22. The molecule has 0 aliphatic heterocycles. The summed E-state index contributed by atoms with van der Waals surface area (Å²) in [5.74, 6) is 0. The molecule has 0 N–H and O–H groups in total. The second-order valence-corrected chi connectivity index (χ2v) is 12.0. The molecule has 0 radical (unpaired) electrons. The van der Waals surface area contributed by atoms with Crippen molar-refractivity contribution in [3.63, 3.8) is 0 Å². The molecule has 0 atom stereocenters. The fourth-order valence-corrected chi connectivity index (χ4v) is 5.28. The van der Waals surface area contributed by atoms with E-state index in [9.17, 15) is 0 Å². The summed E-state index contributed by atoms with van der Waals surface area (Å²) in [6.45, 7) is 32.2. The van der Waals surface area contributed by atoms with Gasteiger partial charge >= 0.3 is 0 Å². The van der Waals surface area contributed by atoms with E-state index in [0.717, 1.165) is 74.7 Å². The maximum Gasteiger partial charge on any atom is 0.0957 e. The highest BCUT2D eigenvalue weighted by molar-refractivity contribution is 6.03. The van der Waals surface area contributed by atoms with Crippen LogP contribution in [0.5, 0.6) is 0 Å². The number of rotatable bonds is 10. The van der Waals surface area contributed by atoms with E-state index in [0.29, 0.717) is 0 Å². The van der Waals surface area contributed by atoms with E-state index in [1.165, 1.54) is 22.0 Å². The van der Waals surface area contributed by atoms with Crippen molar-refractivity contribution < 1.29 is 0 Å². The summed E-state index contributed by atoms with van der Waals surface area (Å²) in [4.78, 5) is 14.3. The lowest BCUT2D eigenvalue weighted by Crippen LogP contribution is -2.37. The minimum absolute atomic E-state index is 0.824. The largest absolute Gasteiger partial charge is 0.306 e. The number of pyridine rings is 1. The Morgan fingerprint density at radius 1 is 1.02 bits per heavy atom. The molecule has 4 rings (SSSR count). The van der Waals surface area contributed by atoms with E-state index in [2.05, 4.69) is 104 Å². The van der Waals surface area contributed by atoms with Gasteiger partial charge in [-0.05, 0) is 103 Å². The molecule has 0 amide bonds. The van der Waals surface area contributed by atoms with Gasteiger partial charge in [-0.15, -0.1) is 12.8 Å². The van der Waals surface area contributed by atoms with Gasteiger partial charge in [-0.1, -0.05) is 118 Å². The van der Waals surface area contributed by atoms with Gasteiger partial charge in [0.05, 0.1) is 38.6 Å². The van der Waals surface area contributed by atoms with Gasteiger partial charge in [0.2, 0.25) is 0 Å². The molecule has 3 aromatic rings.